The van der Waals surface area contributed by atoms with Gasteiger partial charge in [-0.2, -0.15) is 0 Å². The van der Waals surface area contributed by atoms with E-state index in [4.69, 9.17) is 0 Å². The minimum absolute atomic E-state index is 0.0119. The molecule has 1 aliphatic rings. The molecule has 3 unspecified atom stereocenters. The fourth-order valence-corrected chi connectivity index (χ4v) is 3.88. The van der Waals surface area contributed by atoms with Crippen LogP contribution in [-0.4, -0.2) is 49.5 Å². The molecule has 0 bridgehead atoms. The van der Waals surface area contributed by atoms with Crippen molar-refractivity contribution in [2.75, 3.05) is 12.0 Å². The van der Waals surface area contributed by atoms with Gasteiger partial charge in [-0.05, 0) is 25.2 Å². The Morgan fingerprint density at radius 2 is 1.75 bits per heavy atom. The van der Waals surface area contributed by atoms with E-state index in [1.54, 1.807) is 4.90 Å². The van der Waals surface area contributed by atoms with Crippen molar-refractivity contribution in [3.63, 3.8) is 0 Å². The molecule has 0 aromatic rings. The highest BCUT2D eigenvalue weighted by Crippen LogP contribution is 2.24. The molecule has 0 radical (unpaired) electrons. The summed E-state index contributed by atoms with van der Waals surface area (Å²) >= 11 is 0. The summed E-state index contributed by atoms with van der Waals surface area (Å²) in [6.07, 6.45) is 1.92. The number of nitrogens with zero attached hydrogens (tertiary/aromatic N) is 1. The zero-order valence-corrected chi connectivity index (χ0v) is 14.2. The molecule has 0 saturated carbocycles. The van der Waals surface area contributed by atoms with Crippen LogP contribution in [0.2, 0.25) is 0 Å². The van der Waals surface area contributed by atoms with Crippen LogP contribution in [0, 0.1) is 11.8 Å². The molecule has 20 heavy (non-hydrogen) atoms. The zero-order valence-electron chi connectivity index (χ0n) is 13.4. The van der Waals surface area contributed by atoms with Crippen LogP contribution in [0.5, 0.6) is 0 Å². The molecule has 1 N–H and O–H groups in total. The largest absolute Gasteiger partial charge is 0.322 e. The number of hydrogen-bond acceptors (Lipinski definition) is 4. The molecular weight excluding hydrogens is 276 g/mol. The number of carbonyl (C=O) groups is 1. The van der Waals surface area contributed by atoms with E-state index in [1.807, 2.05) is 20.8 Å². The van der Waals surface area contributed by atoms with E-state index in [2.05, 4.69) is 19.2 Å². The first-order valence-electron chi connectivity index (χ1n) is 7.29. The van der Waals surface area contributed by atoms with Crippen LogP contribution >= 0.6 is 0 Å². The van der Waals surface area contributed by atoms with Crippen LogP contribution in [0.25, 0.3) is 0 Å². The van der Waals surface area contributed by atoms with E-state index in [0.29, 0.717) is 5.92 Å². The Balaban J connectivity index is 2.92. The number of hydrogen-bond donors (Lipinski definition) is 1. The fourth-order valence-electron chi connectivity index (χ4n) is 2.84. The quantitative estimate of drug-likeness (QED) is 0.802. The molecule has 1 aliphatic heterocycles. The first-order chi connectivity index (χ1) is 9.03. The second-order valence-electron chi connectivity index (χ2n) is 6.72. The van der Waals surface area contributed by atoms with Crippen molar-refractivity contribution >= 4 is 15.7 Å². The van der Waals surface area contributed by atoms with Gasteiger partial charge in [0, 0.05) is 12.3 Å². The molecule has 5 nitrogen and oxygen atoms in total. The Hall–Kier alpha value is -0.620. The van der Waals surface area contributed by atoms with Gasteiger partial charge in [0.25, 0.3) is 0 Å². The van der Waals surface area contributed by atoms with Gasteiger partial charge in [0.1, 0.15) is 9.84 Å². The number of sulfone groups is 1. The van der Waals surface area contributed by atoms with Gasteiger partial charge < -0.3 is 4.90 Å². The Kier molecular flexibility index (Phi) is 5.61. The summed E-state index contributed by atoms with van der Waals surface area (Å²) in [6.45, 7) is 10.1. The highest BCUT2D eigenvalue weighted by molar-refractivity contribution is 7.90. The summed E-state index contributed by atoms with van der Waals surface area (Å²) in [5.41, 5.74) is 0. The van der Waals surface area contributed by atoms with E-state index in [1.165, 1.54) is 6.26 Å². The van der Waals surface area contributed by atoms with Gasteiger partial charge in [0.15, 0.2) is 0 Å². The van der Waals surface area contributed by atoms with Crippen molar-refractivity contribution in [3.05, 3.63) is 0 Å². The van der Waals surface area contributed by atoms with Gasteiger partial charge in [-0.15, -0.1) is 0 Å². The van der Waals surface area contributed by atoms with Gasteiger partial charge in [-0.1, -0.05) is 27.7 Å². The second-order valence-corrected chi connectivity index (χ2v) is 8.91. The van der Waals surface area contributed by atoms with E-state index < -0.39 is 9.84 Å². The van der Waals surface area contributed by atoms with Gasteiger partial charge in [0.2, 0.25) is 5.91 Å². The lowest BCUT2D eigenvalue weighted by Crippen LogP contribution is -2.48. The van der Waals surface area contributed by atoms with E-state index in [0.717, 1.165) is 6.42 Å². The van der Waals surface area contributed by atoms with Gasteiger partial charge >= 0.3 is 0 Å². The van der Waals surface area contributed by atoms with Crippen LogP contribution in [0.15, 0.2) is 0 Å². The van der Waals surface area contributed by atoms with Crippen molar-refractivity contribution in [2.45, 2.75) is 59.3 Å². The lowest BCUT2D eigenvalue weighted by atomic mass is 10.0. The van der Waals surface area contributed by atoms with Gasteiger partial charge in [0.05, 0.1) is 18.0 Å². The summed E-state index contributed by atoms with van der Waals surface area (Å²) < 4.78 is 23.0. The molecule has 0 spiro atoms. The molecule has 0 aliphatic carbocycles. The van der Waals surface area contributed by atoms with E-state index in [9.17, 15) is 13.2 Å². The zero-order chi connectivity index (χ0) is 15.7. The van der Waals surface area contributed by atoms with Crippen LogP contribution in [0.4, 0.5) is 0 Å². The molecule has 1 fully saturated rings. The first-order valence-corrected chi connectivity index (χ1v) is 9.35. The smallest absolute Gasteiger partial charge is 0.241 e. The number of amides is 1. The lowest BCUT2D eigenvalue weighted by Gasteiger charge is -2.32. The maximum Gasteiger partial charge on any atom is 0.241 e. The number of rotatable bonds is 6. The van der Waals surface area contributed by atoms with E-state index >= 15 is 0 Å². The molecule has 1 saturated heterocycles. The predicted molar refractivity (Wildman–Crippen MR) is 81.0 cm³/mol. The maximum atomic E-state index is 12.6. The molecular formula is C14H28N2O3S. The Morgan fingerprint density at radius 1 is 1.20 bits per heavy atom. The normalized spacial score (nSPS) is 25.8. The van der Waals surface area contributed by atoms with E-state index in [-0.39, 0.29) is 35.8 Å². The number of carbonyl (C=O) groups excluding carboxylic acids is 1. The molecule has 1 amide bonds. The standard InChI is InChI=1S/C14H28N2O3S/c1-9(2)7-12-14(17)16(13(15-12)10(3)4)11(5)8-20(6,18)19/h9-13,15H,7-8H2,1-6H3. The average Bonchev–Trinajstić information content (AvgIpc) is 2.53. The molecule has 6 heteroatoms. The lowest BCUT2D eigenvalue weighted by molar-refractivity contribution is -0.132. The Labute approximate surface area is 123 Å². The first kappa shape index (κ1) is 17.4. The minimum Gasteiger partial charge on any atom is -0.322 e. The highest BCUT2D eigenvalue weighted by atomic mass is 32.2. The molecule has 0 aromatic carbocycles. The maximum absolute atomic E-state index is 12.6. The van der Waals surface area contributed by atoms with Crippen LogP contribution in [0.3, 0.4) is 0 Å². The molecule has 1 heterocycles. The third-order valence-electron chi connectivity index (χ3n) is 3.58. The predicted octanol–water partition coefficient (Wildman–Crippen LogP) is 1.25. The van der Waals surface area contributed by atoms with Crippen molar-refractivity contribution < 1.29 is 13.2 Å². The second kappa shape index (κ2) is 6.43. The van der Waals surface area contributed by atoms with Crippen molar-refractivity contribution in [1.29, 1.82) is 0 Å². The molecule has 0 aromatic heterocycles. The fraction of sp³-hybridized carbons (Fsp3) is 0.929. The van der Waals surface area contributed by atoms with Crippen LogP contribution in [0.1, 0.15) is 41.0 Å². The van der Waals surface area contributed by atoms with Crippen LogP contribution in [-0.2, 0) is 14.6 Å². The summed E-state index contributed by atoms with van der Waals surface area (Å²) in [5.74, 6) is 0.721. The molecule has 1 rings (SSSR count). The van der Waals surface area contributed by atoms with Crippen molar-refractivity contribution in [1.82, 2.24) is 10.2 Å². The topological polar surface area (TPSA) is 66.5 Å². The summed E-state index contributed by atoms with van der Waals surface area (Å²) in [4.78, 5) is 14.3. The third kappa shape index (κ3) is 4.45. The number of nitrogens with one attached hydrogen (secondary N) is 1. The van der Waals surface area contributed by atoms with Crippen molar-refractivity contribution in [2.24, 2.45) is 11.8 Å². The summed E-state index contributed by atoms with van der Waals surface area (Å²) in [5, 5.41) is 3.37. The minimum atomic E-state index is -3.10. The van der Waals surface area contributed by atoms with Gasteiger partial charge in [-0.3, -0.25) is 10.1 Å². The monoisotopic (exact) mass is 304 g/mol. The Morgan fingerprint density at radius 3 is 2.15 bits per heavy atom. The Bertz CT molecular complexity index is 445. The third-order valence-corrected chi connectivity index (χ3v) is 4.67. The average molecular weight is 304 g/mol. The van der Waals surface area contributed by atoms with Crippen LogP contribution < -0.4 is 5.32 Å². The summed E-state index contributed by atoms with van der Waals surface area (Å²) in [6, 6.07) is -0.487. The highest BCUT2D eigenvalue weighted by Gasteiger charge is 2.42. The molecule has 118 valence electrons. The van der Waals surface area contributed by atoms with Gasteiger partial charge in [-0.25, -0.2) is 8.42 Å². The summed E-state index contributed by atoms with van der Waals surface area (Å²) in [7, 11) is -3.10. The van der Waals surface area contributed by atoms with Crippen molar-refractivity contribution in [3.8, 4) is 0 Å². The molecule has 3 atom stereocenters. The SMILES string of the molecule is CC(C)CC1NC(C(C)C)N(C(C)CS(C)(=O)=O)C1=O.